The van der Waals surface area contributed by atoms with Crippen LogP contribution in [0.15, 0.2) is 5.38 Å². The zero-order valence-electron chi connectivity index (χ0n) is 9.12. The van der Waals surface area contributed by atoms with E-state index in [2.05, 4.69) is 25.9 Å². The number of anilines is 1. The minimum Gasteiger partial charge on any atom is -0.365 e. The van der Waals surface area contributed by atoms with E-state index < -0.39 is 0 Å². The molecule has 2 rings (SSSR count). The van der Waals surface area contributed by atoms with Crippen LogP contribution in [0.3, 0.4) is 0 Å². The van der Waals surface area contributed by atoms with E-state index in [9.17, 15) is 0 Å². The summed E-state index contributed by atoms with van der Waals surface area (Å²) in [5.74, 6) is 0. The summed E-state index contributed by atoms with van der Waals surface area (Å²) in [6, 6.07) is 0. The molecule has 0 spiro atoms. The molecule has 0 amide bonds. The SMILES string of the molecule is CNc1nc(CCN2CCNCC2)cs1. The van der Waals surface area contributed by atoms with Gasteiger partial charge in [0.1, 0.15) is 0 Å². The van der Waals surface area contributed by atoms with Gasteiger partial charge in [0, 0.05) is 51.6 Å². The first-order valence-corrected chi connectivity index (χ1v) is 6.31. The summed E-state index contributed by atoms with van der Waals surface area (Å²) in [5.41, 5.74) is 1.21. The molecule has 1 aliphatic rings. The Morgan fingerprint density at radius 3 is 3.00 bits per heavy atom. The van der Waals surface area contributed by atoms with Gasteiger partial charge in [-0.15, -0.1) is 11.3 Å². The standard InChI is InChI=1S/C10H18N4S/c1-11-10-13-9(8-15-10)2-5-14-6-3-12-4-7-14/h8,12H,2-7H2,1H3,(H,11,13). The average Bonchev–Trinajstić information content (AvgIpc) is 2.76. The van der Waals surface area contributed by atoms with Crippen molar-refractivity contribution in [2.24, 2.45) is 0 Å². The van der Waals surface area contributed by atoms with E-state index in [4.69, 9.17) is 0 Å². The minimum atomic E-state index is 1.02. The van der Waals surface area contributed by atoms with Gasteiger partial charge in [-0.2, -0.15) is 0 Å². The summed E-state index contributed by atoms with van der Waals surface area (Å²) in [7, 11) is 1.92. The first-order chi connectivity index (χ1) is 7.38. The maximum atomic E-state index is 4.48. The molecule has 2 heterocycles. The molecule has 5 heteroatoms. The van der Waals surface area contributed by atoms with Crippen LogP contribution in [0.2, 0.25) is 0 Å². The van der Waals surface area contributed by atoms with Crippen molar-refractivity contribution in [3.8, 4) is 0 Å². The van der Waals surface area contributed by atoms with Gasteiger partial charge in [0.15, 0.2) is 5.13 Å². The number of piperazine rings is 1. The lowest BCUT2D eigenvalue weighted by molar-refractivity contribution is 0.243. The molecule has 1 fully saturated rings. The topological polar surface area (TPSA) is 40.2 Å². The average molecular weight is 226 g/mol. The fourth-order valence-electron chi connectivity index (χ4n) is 1.74. The quantitative estimate of drug-likeness (QED) is 0.790. The molecule has 1 saturated heterocycles. The third-order valence-corrected chi connectivity index (χ3v) is 3.57. The second-order valence-electron chi connectivity index (χ2n) is 3.74. The van der Waals surface area contributed by atoms with Gasteiger partial charge in [-0.1, -0.05) is 0 Å². The van der Waals surface area contributed by atoms with Gasteiger partial charge in [-0.3, -0.25) is 0 Å². The Hall–Kier alpha value is -0.650. The molecule has 0 aliphatic carbocycles. The van der Waals surface area contributed by atoms with Crippen LogP contribution in [-0.4, -0.2) is 49.7 Å². The lowest BCUT2D eigenvalue weighted by atomic mass is 10.3. The van der Waals surface area contributed by atoms with E-state index in [1.54, 1.807) is 11.3 Å². The van der Waals surface area contributed by atoms with E-state index in [1.807, 2.05) is 7.05 Å². The maximum absolute atomic E-state index is 4.48. The highest BCUT2D eigenvalue weighted by Gasteiger charge is 2.09. The van der Waals surface area contributed by atoms with Crippen molar-refractivity contribution in [3.05, 3.63) is 11.1 Å². The van der Waals surface area contributed by atoms with Crippen molar-refractivity contribution >= 4 is 16.5 Å². The Labute approximate surface area is 94.7 Å². The molecule has 84 valence electrons. The van der Waals surface area contributed by atoms with Crippen molar-refractivity contribution < 1.29 is 0 Å². The lowest BCUT2D eigenvalue weighted by Crippen LogP contribution is -2.44. The molecule has 0 aromatic carbocycles. The van der Waals surface area contributed by atoms with Crippen LogP contribution in [0.5, 0.6) is 0 Å². The molecule has 1 aromatic heterocycles. The van der Waals surface area contributed by atoms with Crippen LogP contribution >= 0.6 is 11.3 Å². The van der Waals surface area contributed by atoms with Crippen LogP contribution in [-0.2, 0) is 6.42 Å². The van der Waals surface area contributed by atoms with E-state index in [0.29, 0.717) is 0 Å². The second-order valence-corrected chi connectivity index (χ2v) is 4.59. The highest BCUT2D eigenvalue weighted by Crippen LogP contribution is 2.14. The van der Waals surface area contributed by atoms with Gasteiger partial charge in [0.25, 0.3) is 0 Å². The fraction of sp³-hybridized carbons (Fsp3) is 0.700. The van der Waals surface area contributed by atoms with Crippen LogP contribution in [0.1, 0.15) is 5.69 Å². The van der Waals surface area contributed by atoms with E-state index in [1.165, 1.54) is 18.8 Å². The summed E-state index contributed by atoms with van der Waals surface area (Å²) in [6.45, 7) is 5.72. The van der Waals surface area contributed by atoms with Crippen molar-refractivity contribution in [3.63, 3.8) is 0 Å². The summed E-state index contributed by atoms with van der Waals surface area (Å²) < 4.78 is 0. The Balaban J connectivity index is 1.76. The van der Waals surface area contributed by atoms with Crippen LogP contribution in [0, 0.1) is 0 Å². The smallest absolute Gasteiger partial charge is 0.182 e. The van der Waals surface area contributed by atoms with Crippen molar-refractivity contribution in [1.29, 1.82) is 0 Å². The molecule has 1 aliphatic heterocycles. The number of rotatable bonds is 4. The maximum Gasteiger partial charge on any atom is 0.182 e. The number of hydrogen-bond acceptors (Lipinski definition) is 5. The van der Waals surface area contributed by atoms with Gasteiger partial charge >= 0.3 is 0 Å². The van der Waals surface area contributed by atoms with Gasteiger partial charge in [-0.05, 0) is 0 Å². The Bertz CT molecular complexity index is 293. The van der Waals surface area contributed by atoms with Crippen molar-refractivity contribution in [2.75, 3.05) is 45.1 Å². The number of nitrogens with one attached hydrogen (secondary N) is 2. The third-order valence-electron chi connectivity index (χ3n) is 2.66. The molecule has 0 bridgehead atoms. The first-order valence-electron chi connectivity index (χ1n) is 5.44. The summed E-state index contributed by atoms with van der Waals surface area (Å²) in [6.07, 6.45) is 1.07. The summed E-state index contributed by atoms with van der Waals surface area (Å²) >= 11 is 1.68. The monoisotopic (exact) mass is 226 g/mol. The molecule has 4 nitrogen and oxygen atoms in total. The molecule has 0 atom stereocenters. The molecule has 1 aromatic rings. The highest BCUT2D eigenvalue weighted by molar-refractivity contribution is 7.13. The van der Waals surface area contributed by atoms with Crippen LogP contribution in [0.4, 0.5) is 5.13 Å². The van der Waals surface area contributed by atoms with Gasteiger partial charge in [0.2, 0.25) is 0 Å². The van der Waals surface area contributed by atoms with Crippen molar-refractivity contribution in [1.82, 2.24) is 15.2 Å². The van der Waals surface area contributed by atoms with Crippen LogP contribution < -0.4 is 10.6 Å². The van der Waals surface area contributed by atoms with Gasteiger partial charge < -0.3 is 15.5 Å². The third kappa shape index (κ3) is 3.15. The fourth-order valence-corrected chi connectivity index (χ4v) is 2.45. The normalized spacial score (nSPS) is 17.9. The number of nitrogens with zero attached hydrogens (tertiary/aromatic N) is 2. The molecular formula is C10H18N4S. The van der Waals surface area contributed by atoms with E-state index in [0.717, 1.165) is 31.2 Å². The zero-order valence-corrected chi connectivity index (χ0v) is 9.94. The second kappa shape index (κ2) is 5.44. The van der Waals surface area contributed by atoms with Gasteiger partial charge in [0.05, 0.1) is 5.69 Å². The Morgan fingerprint density at radius 2 is 2.33 bits per heavy atom. The molecule has 0 unspecified atom stereocenters. The number of aromatic nitrogens is 1. The van der Waals surface area contributed by atoms with E-state index in [-0.39, 0.29) is 0 Å². The minimum absolute atomic E-state index is 1.02. The Morgan fingerprint density at radius 1 is 1.53 bits per heavy atom. The molecule has 0 saturated carbocycles. The molecule has 0 radical (unpaired) electrons. The highest BCUT2D eigenvalue weighted by atomic mass is 32.1. The summed E-state index contributed by atoms with van der Waals surface area (Å²) in [4.78, 5) is 6.97. The Kier molecular flexibility index (Phi) is 3.94. The van der Waals surface area contributed by atoms with Crippen LogP contribution in [0.25, 0.3) is 0 Å². The lowest BCUT2D eigenvalue weighted by Gasteiger charge is -2.26. The molecular weight excluding hydrogens is 208 g/mol. The molecule has 2 N–H and O–H groups in total. The summed E-state index contributed by atoms with van der Waals surface area (Å²) in [5, 5.41) is 9.60. The number of hydrogen-bond donors (Lipinski definition) is 2. The van der Waals surface area contributed by atoms with Gasteiger partial charge in [-0.25, -0.2) is 4.98 Å². The largest absolute Gasteiger partial charge is 0.365 e. The molecule has 15 heavy (non-hydrogen) atoms. The first kappa shape index (κ1) is 10.9. The number of thiazole rings is 1. The predicted molar refractivity (Wildman–Crippen MR) is 64.7 cm³/mol. The zero-order chi connectivity index (χ0) is 10.5. The van der Waals surface area contributed by atoms with Crippen molar-refractivity contribution in [2.45, 2.75) is 6.42 Å². The van der Waals surface area contributed by atoms with E-state index >= 15 is 0 Å². The predicted octanol–water partition coefficient (Wildman–Crippen LogP) is 0.632.